The molecule has 9 rings (SSSR count). The largest absolute Gasteiger partial charge is 0.310 e. The molecule has 9 aromatic rings. The molecule has 0 aliphatic heterocycles. The molecule has 0 fully saturated rings. The zero-order chi connectivity index (χ0) is 40.9. The van der Waals surface area contributed by atoms with Crippen LogP contribution in [0, 0.1) is 0 Å². The fraction of sp³-hybridized carbons (Fsp3) is 0. The van der Waals surface area contributed by atoms with E-state index in [1.807, 2.05) is 133 Å². The van der Waals surface area contributed by atoms with E-state index in [2.05, 4.69) is 6.07 Å². The van der Waals surface area contributed by atoms with Crippen molar-refractivity contribution < 1.29 is 11.0 Å². The Balaban J connectivity index is 1.28. The summed E-state index contributed by atoms with van der Waals surface area (Å²) in [7, 11) is 0. The van der Waals surface area contributed by atoms with E-state index < -0.39 is 12.1 Å². The molecule has 0 amide bonds. The normalized spacial score (nSPS) is 13.3. The summed E-state index contributed by atoms with van der Waals surface area (Å²) in [5, 5.41) is 3.96. The molecule has 9 aromatic carbocycles. The maximum Gasteiger partial charge on any atom is 0.0651 e. The monoisotopic (exact) mass is 657 g/mol. The fourth-order valence-electron chi connectivity index (χ4n) is 6.62. The molecule has 0 aliphatic carbocycles. The molecule has 1 heteroatoms. The minimum Gasteiger partial charge on any atom is -0.310 e. The Kier molecular flexibility index (Phi) is 5.96. The predicted molar refractivity (Wildman–Crippen MR) is 218 cm³/mol. The molecule has 0 radical (unpaired) electrons. The van der Waals surface area contributed by atoms with Crippen LogP contribution in [0.25, 0.3) is 66.1 Å². The Bertz CT molecular complexity index is 3060. The number of hydrogen-bond acceptors (Lipinski definition) is 1. The van der Waals surface area contributed by atoms with Crippen molar-refractivity contribution in [2.75, 3.05) is 4.90 Å². The van der Waals surface area contributed by atoms with Gasteiger partial charge in [-0.15, -0.1) is 0 Å². The zero-order valence-electron chi connectivity index (χ0n) is 35.5. The van der Waals surface area contributed by atoms with E-state index in [1.165, 1.54) is 4.90 Å². The van der Waals surface area contributed by atoms with Crippen LogP contribution >= 0.6 is 0 Å². The van der Waals surface area contributed by atoms with Gasteiger partial charge in [-0.25, -0.2) is 0 Å². The lowest BCUT2D eigenvalue weighted by molar-refractivity contribution is 1.28. The van der Waals surface area contributed by atoms with Gasteiger partial charge in [0.1, 0.15) is 0 Å². The Labute approximate surface area is 310 Å². The van der Waals surface area contributed by atoms with Gasteiger partial charge in [0.25, 0.3) is 0 Å². The van der Waals surface area contributed by atoms with Crippen LogP contribution in [0.2, 0.25) is 0 Å². The summed E-state index contributed by atoms with van der Waals surface area (Å²) in [6.07, 6.45) is 0. The summed E-state index contributed by atoms with van der Waals surface area (Å²) >= 11 is 0. The van der Waals surface area contributed by atoms with Gasteiger partial charge in [-0.05, 0) is 114 Å². The van der Waals surface area contributed by atoms with Crippen molar-refractivity contribution in [1.29, 1.82) is 0 Å². The van der Waals surface area contributed by atoms with Crippen molar-refractivity contribution >= 4 is 38.6 Å². The molecule has 0 unspecified atom stereocenters. The molecule has 0 saturated carbocycles. The Morgan fingerprint density at radius 2 is 0.961 bits per heavy atom. The molecule has 0 aliphatic rings. The number of fused-ring (bicyclic) bond motifs is 2. The summed E-state index contributed by atoms with van der Waals surface area (Å²) in [6, 6.07) is 49.0. The topological polar surface area (TPSA) is 3.24 Å². The van der Waals surface area contributed by atoms with Crippen molar-refractivity contribution in [1.82, 2.24) is 0 Å². The molecule has 0 aromatic heterocycles. The molecular formula is C50H35N. The van der Waals surface area contributed by atoms with E-state index in [0.29, 0.717) is 16.8 Å². The molecule has 0 saturated heterocycles. The average molecular weight is 658 g/mol. The number of hydrogen-bond donors (Lipinski definition) is 0. The second kappa shape index (κ2) is 13.3. The summed E-state index contributed by atoms with van der Waals surface area (Å²) in [5.41, 5.74) is 4.97. The van der Waals surface area contributed by atoms with E-state index >= 15 is 0 Å². The van der Waals surface area contributed by atoms with Crippen LogP contribution in [0.1, 0.15) is 11.0 Å². The van der Waals surface area contributed by atoms with Gasteiger partial charge >= 0.3 is 0 Å². The summed E-state index contributed by atoms with van der Waals surface area (Å²) in [5.74, 6) is 0. The second-order valence-corrected chi connectivity index (χ2v) is 12.4. The van der Waals surface area contributed by atoms with Gasteiger partial charge in [-0.3, -0.25) is 0 Å². The first-order chi connectivity index (χ1) is 28.6. The molecule has 0 heterocycles. The first kappa shape index (κ1) is 22.8. The molecule has 0 bridgehead atoms. The molecule has 240 valence electrons. The number of nitrogens with zero attached hydrogens (tertiary/aromatic N) is 1. The van der Waals surface area contributed by atoms with E-state index in [0.717, 1.165) is 43.8 Å². The number of benzene rings is 9. The summed E-state index contributed by atoms with van der Waals surface area (Å²) in [4.78, 5) is 1.39. The van der Waals surface area contributed by atoms with Gasteiger partial charge in [-0.1, -0.05) is 164 Å². The van der Waals surface area contributed by atoms with Crippen LogP contribution in [0.3, 0.4) is 0 Å². The van der Waals surface area contributed by atoms with Crippen molar-refractivity contribution in [3.63, 3.8) is 0 Å². The highest BCUT2D eigenvalue weighted by Gasteiger charge is 2.15. The van der Waals surface area contributed by atoms with Crippen LogP contribution in [0.5, 0.6) is 0 Å². The van der Waals surface area contributed by atoms with Crippen LogP contribution in [-0.2, 0) is 0 Å². The lowest BCUT2D eigenvalue weighted by Crippen LogP contribution is -2.10. The van der Waals surface area contributed by atoms with Gasteiger partial charge in [0.05, 0.1) is 11.0 Å². The smallest absolute Gasteiger partial charge is 0.0651 e. The van der Waals surface area contributed by atoms with Crippen LogP contribution in [0.4, 0.5) is 17.1 Å². The maximum absolute atomic E-state index is 9.72. The number of anilines is 3. The molecule has 0 atom stereocenters. The molecule has 0 spiro atoms. The van der Waals surface area contributed by atoms with Gasteiger partial charge in [-0.2, -0.15) is 0 Å². The second-order valence-electron chi connectivity index (χ2n) is 12.4. The van der Waals surface area contributed by atoms with Gasteiger partial charge in [0, 0.05) is 17.1 Å². The van der Waals surface area contributed by atoms with Crippen LogP contribution in [0.15, 0.2) is 212 Å². The van der Waals surface area contributed by atoms with Crippen LogP contribution in [-0.4, -0.2) is 0 Å². The Morgan fingerprint density at radius 1 is 0.333 bits per heavy atom. The fourth-order valence-corrected chi connectivity index (χ4v) is 6.62. The first-order valence-electron chi connectivity index (χ1n) is 20.9. The van der Waals surface area contributed by atoms with E-state index in [-0.39, 0.29) is 58.8 Å². The Hall–Kier alpha value is -6.70. The van der Waals surface area contributed by atoms with Gasteiger partial charge < -0.3 is 4.90 Å². The molecule has 51 heavy (non-hydrogen) atoms. The SMILES string of the molecule is [2H]c1c([2H])c(-c2ccc3ccccc3c2)c([2H])c(N(c2ccc(-c3cccc4ccccc34)cc2)c2c([2H])c([2H])c(-c3cccc(-c4ccccc4)c3)c([2H])c2[2H])c1[2H]. The standard InChI is InChI=1S/C50H35N/c1-2-11-36(12-3-1)42-17-8-18-43(33-42)38-25-29-46(30-26-38)51(47-31-27-40(28-32-47)50-22-10-16-39-14-6-7-21-49(39)50)48-20-9-19-44(35-48)45-24-23-37-13-4-5-15-41(37)34-45/h1-35H/i9D,19D,20D,25D,26D,29D,30D,35D. The Morgan fingerprint density at radius 3 is 1.78 bits per heavy atom. The molecular weight excluding hydrogens is 615 g/mol. The van der Waals surface area contributed by atoms with Crippen molar-refractivity contribution in [2.24, 2.45) is 0 Å². The van der Waals surface area contributed by atoms with E-state index in [1.54, 1.807) is 24.3 Å². The summed E-state index contributed by atoms with van der Waals surface area (Å²) < 4.78 is 75.0. The van der Waals surface area contributed by atoms with E-state index in [4.69, 9.17) is 2.74 Å². The first-order valence-corrected chi connectivity index (χ1v) is 16.9. The van der Waals surface area contributed by atoms with Crippen LogP contribution < -0.4 is 4.90 Å². The average Bonchev–Trinajstić information content (AvgIpc) is 3.27. The lowest BCUT2D eigenvalue weighted by atomic mass is 9.97. The summed E-state index contributed by atoms with van der Waals surface area (Å²) in [6.45, 7) is 0. The molecule has 0 N–H and O–H groups in total. The third kappa shape index (κ3) is 6.07. The predicted octanol–water partition coefficient (Wildman–Crippen LogP) is 14.1. The minimum absolute atomic E-state index is 0.115. The lowest BCUT2D eigenvalue weighted by Gasteiger charge is -2.26. The van der Waals surface area contributed by atoms with Crippen molar-refractivity contribution in [3.05, 3.63) is 212 Å². The molecule has 1 nitrogen and oxygen atoms in total. The quantitative estimate of drug-likeness (QED) is 0.165. The maximum atomic E-state index is 9.72. The minimum atomic E-state index is -0.445. The van der Waals surface area contributed by atoms with E-state index in [9.17, 15) is 8.22 Å². The highest BCUT2D eigenvalue weighted by molar-refractivity contribution is 5.97. The number of rotatable bonds is 7. The zero-order valence-corrected chi connectivity index (χ0v) is 27.5. The highest BCUT2D eigenvalue weighted by atomic mass is 15.1. The highest BCUT2D eigenvalue weighted by Crippen LogP contribution is 2.39. The van der Waals surface area contributed by atoms with Crippen molar-refractivity contribution in [3.8, 4) is 44.5 Å². The third-order valence-corrected chi connectivity index (χ3v) is 9.19. The van der Waals surface area contributed by atoms with Gasteiger partial charge in [0.2, 0.25) is 0 Å². The van der Waals surface area contributed by atoms with Gasteiger partial charge in [0.15, 0.2) is 0 Å². The van der Waals surface area contributed by atoms with Crippen molar-refractivity contribution in [2.45, 2.75) is 0 Å². The third-order valence-electron chi connectivity index (χ3n) is 9.19.